The standard InChI is InChI=1S/C19H29N5O4/c1-4-6-9-24-17-16(18(26)21-19(24)27)22(3)14(20-17)11-23(10-13-7-8-13)12-15(25)28-5-2/h13H,4-12H2,1-3H3,(H,21,26,27). The number of rotatable bonds is 10. The van der Waals surface area contributed by atoms with Gasteiger partial charge in [0, 0.05) is 20.1 Å². The van der Waals surface area contributed by atoms with Crippen LogP contribution in [0.15, 0.2) is 9.59 Å². The third-order valence-corrected chi connectivity index (χ3v) is 5.08. The molecular formula is C19H29N5O4. The number of aryl methyl sites for hydroxylation is 2. The summed E-state index contributed by atoms with van der Waals surface area (Å²) in [4.78, 5) is 45.6. The lowest BCUT2D eigenvalue weighted by Crippen LogP contribution is -2.33. The van der Waals surface area contributed by atoms with Crippen LogP contribution in [0.3, 0.4) is 0 Å². The quantitative estimate of drug-likeness (QED) is 0.606. The molecule has 9 heteroatoms. The summed E-state index contributed by atoms with van der Waals surface area (Å²) in [6.07, 6.45) is 4.08. The summed E-state index contributed by atoms with van der Waals surface area (Å²) in [7, 11) is 1.77. The number of esters is 1. The van der Waals surface area contributed by atoms with E-state index in [0.29, 0.717) is 42.6 Å². The largest absolute Gasteiger partial charge is 0.465 e. The molecule has 2 aromatic heterocycles. The molecule has 28 heavy (non-hydrogen) atoms. The number of aromatic amines is 1. The predicted molar refractivity (Wildman–Crippen MR) is 105 cm³/mol. The number of imidazole rings is 1. The first-order chi connectivity index (χ1) is 13.4. The minimum absolute atomic E-state index is 0.187. The maximum atomic E-state index is 12.4. The van der Waals surface area contributed by atoms with Crippen LogP contribution in [-0.4, -0.2) is 49.7 Å². The molecule has 0 aliphatic heterocycles. The molecule has 0 spiro atoms. The Hall–Kier alpha value is -2.42. The van der Waals surface area contributed by atoms with E-state index in [1.807, 2.05) is 11.8 Å². The van der Waals surface area contributed by atoms with E-state index in [2.05, 4.69) is 9.97 Å². The van der Waals surface area contributed by atoms with Crippen LogP contribution in [0.5, 0.6) is 0 Å². The minimum Gasteiger partial charge on any atom is -0.465 e. The van der Waals surface area contributed by atoms with E-state index < -0.39 is 11.2 Å². The van der Waals surface area contributed by atoms with Gasteiger partial charge in [0.25, 0.3) is 5.56 Å². The average molecular weight is 391 g/mol. The fourth-order valence-electron chi connectivity index (χ4n) is 3.40. The van der Waals surface area contributed by atoms with Gasteiger partial charge in [0.2, 0.25) is 0 Å². The molecule has 2 heterocycles. The number of carbonyl (C=O) groups excluding carboxylic acids is 1. The monoisotopic (exact) mass is 391 g/mol. The number of unbranched alkanes of at least 4 members (excludes halogenated alkanes) is 1. The lowest BCUT2D eigenvalue weighted by molar-refractivity contribution is -0.144. The molecule has 3 rings (SSSR count). The van der Waals surface area contributed by atoms with Gasteiger partial charge in [-0.3, -0.25) is 24.0 Å². The molecule has 1 fully saturated rings. The molecule has 0 amide bonds. The van der Waals surface area contributed by atoms with Crippen LogP contribution in [0, 0.1) is 5.92 Å². The van der Waals surface area contributed by atoms with E-state index in [4.69, 9.17) is 4.74 Å². The van der Waals surface area contributed by atoms with Crippen LogP contribution in [-0.2, 0) is 29.7 Å². The fourth-order valence-corrected chi connectivity index (χ4v) is 3.40. The molecule has 0 aromatic carbocycles. The summed E-state index contributed by atoms with van der Waals surface area (Å²) in [5, 5.41) is 0. The number of ether oxygens (including phenoxy) is 1. The van der Waals surface area contributed by atoms with E-state index in [-0.39, 0.29) is 12.5 Å². The highest BCUT2D eigenvalue weighted by Crippen LogP contribution is 2.30. The Labute approximate surface area is 163 Å². The first-order valence-electron chi connectivity index (χ1n) is 10.0. The van der Waals surface area contributed by atoms with E-state index >= 15 is 0 Å². The van der Waals surface area contributed by atoms with Gasteiger partial charge in [-0.15, -0.1) is 0 Å². The molecule has 9 nitrogen and oxygen atoms in total. The van der Waals surface area contributed by atoms with Crippen molar-refractivity contribution in [2.24, 2.45) is 13.0 Å². The minimum atomic E-state index is -0.437. The number of carbonyl (C=O) groups is 1. The highest BCUT2D eigenvalue weighted by Gasteiger charge is 2.27. The van der Waals surface area contributed by atoms with Crippen molar-refractivity contribution in [1.82, 2.24) is 24.0 Å². The van der Waals surface area contributed by atoms with Gasteiger partial charge in [-0.05, 0) is 32.1 Å². The van der Waals surface area contributed by atoms with Gasteiger partial charge in [0.1, 0.15) is 5.82 Å². The Morgan fingerprint density at radius 2 is 2.07 bits per heavy atom. The Kier molecular flexibility index (Phi) is 6.33. The molecule has 1 aliphatic carbocycles. The van der Waals surface area contributed by atoms with Gasteiger partial charge in [-0.2, -0.15) is 0 Å². The molecule has 0 radical (unpaired) electrons. The average Bonchev–Trinajstić information content (AvgIpc) is 3.38. The molecule has 0 saturated heterocycles. The Bertz CT molecular complexity index is 954. The van der Waals surface area contributed by atoms with Crippen molar-refractivity contribution in [3.8, 4) is 0 Å². The van der Waals surface area contributed by atoms with E-state index in [1.54, 1.807) is 18.5 Å². The van der Waals surface area contributed by atoms with Crippen LogP contribution in [0.4, 0.5) is 0 Å². The molecule has 0 atom stereocenters. The summed E-state index contributed by atoms with van der Waals surface area (Å²) in [6.45, 7) is 6.09. The smallest absolute Gasteiger partial charge is 0.330 e. The molecule has 0 bridgehead atoms. The summed E-state index contributed by atoms with van der Waals surface area (Å²) in [5.41, 5.74) is -0.0829. The van der Waals surface area contributed by atoms with Crippen LogP contribution in [0.1, 0.15) is 45.4 Å². The van der Waals surface area contributed by atoms with Crippen LogP contribution >= 0.6 is 0 Å². The van der Waals surface area contributed by atoms with Crippen molar-refractivity contribution in [2.75, 3.05) is 19.7 Å². The van der Waals surface area contributed by atoms with Crippen molar-refractivity contribution < 1.29 is 9.53 Å². The summed E-state index contributed by atoms with van der Waals surface area (Å²) < 4.78 is 8.34. The summed E-state index contributed by atoms with van der Waals surface area (Å²) >= 11 is 0. The molecule has 1 N–H and O–H groups in total. The van der Waals surface area contributed by atoms with E-state index in [1.165, 1.54) is 4.57 Å². The van der Waals surface area contributed by atoms with Crippen LogP contribution in [0.25, 0.3) is 11.2 Å². The Morgan fingerprint density at radius 1 is 1.32 bits per heavy atom. The van der Waals surface area contributed by atoms with Crippen molar-refractivity contribution in [1.29, 1.82) is 0 Å². The van der Waals surface area contributed by atoms with Crippen molar-refractivity contribution >= 4 is 17.1 Å². The van der Waals surface area contributed by atoms with Gasteiger partial charge in [0.05, 0.1) is 19.7 Å². The number of fused-ring (bicyclic) bond motifs is 1. The van der Waals surface area contributed by atoms with Gasteiger partial charge < -0.3 is 9.30 Å². The molecular weight excluding hydrogens is 362 g/mol. The van der Waals surface area contributed by atoms with Crippen LogP contribution < -0.4 is 11.2 Å². The van der Waals surface area contributed by atoms with Crippen LogP contribution in [0.2, 0.25) is 0 Å². The van der Waals surface area contributed by atoms with Crippen molar-refractivity contribution in [3.05, 3.63) is 26.7 Å². The second kappa shape index (κ2) is 8.72. The van der Waals surface area contributed by atoms with Crippen molar-refractivity contribution in [2.45, 2.75) is 52.6 Å². The zero-order chi connectivity index (χ0) is 20.3. The first kappa shape index (κ1) is 20.3. The maximum absolute atomic E-state index is 12.4. The topological polar surface area (TPSA) is 102 Å². The van der Waals surface area contributed by atoms with Gasteiger partial charge in [0.15, 0.2) is 11.2 Å². The summed E-state index contributed by atoms with van der Waals surface area (Å²) in [5.74, 6) is 0.983. The van der Waals surface area contributed by atoms with Gasteiger partial charge in [-0.1, -0.05) is 13.3 Å². The zero-order valence-electron chi connectivity index (χ0n) is 16.9. The number of hydrogen-bond donors (Lipinski definition) is 1. The second-order valence-electron chi connectivity index (χ2n) is 7.44. The second-order valence-corrected chi connectivity index (χ2v) is 7.44. The van der Waals surface area contributed by atoms with Crippen molar-refractivity contribution in [3.63, 3.8) is 0 Å². The molecule has 1 aliphatic rings. The van der Waals surface area contributed by atoms with Gasteiger partial charge in [-0.25, -0.2) is 9.78 Å². The number of nitrogens with zero attached hydrogens (tertiary/aromatic N) is 4. The number of H-pyrrole nitrogens is 1. The fraction of sp³-hybridized carbons (Fsp3) is 0.684. The first-order valence-corrected chi connectivity index (χ1v) is 10.0. The Balaban J connectivity index is 1.93. The lowest BCUT2D eigenvalue weighted by atomic mass is 10.3. The van der Waals surface area contributed by atoms with E-state index in [0.717, 1.165) is 32.2 Å². The Morgan fingerprint density at radius 3 is 2.71 bits per heavy atom. The summed E-state index contributed by atoms with van der Waals surface area (Å²) in [6, 6.07) is 0. The third kappa shape index (κ3) is 4.52. The number of nitrogens with one attached hydrogen (secondary N) is 1. The predicted octanol–water partition coefficient (Wildman–Crippen LogP) is 0.999. The van der Waals surface area contributed by atoms with Gasteiger partial charge >= 0.3 is 11.7 Å². The number of hydrogen-bond acceptors (Lipinski definition) is 6. The third-order valence-electron chi connectivity index (χ3n) is 5.08. The molecule has 1 saturated carbocycles. The zero-order valence-corrected chi connectivity index (χ0v) is 16.9. The number of aromatic nitrogens is 4. The SMILES string of the molecule is CCCCn1c(=O)[nH]c(=O)c2c1nc(CN(CC(=O)OCC)CC1CC1)n2C. The molecule has 2 aromatic rings. The molecule has 0 unspecified atom stereocenters. The highest BCUT2D eigenvalue weighted by atomic mass is 16.5. The highest BCUT2D eigenvalue weighted by molar-refractivity contribution is 5.72. The maximum Gasteiger partial charge on any atom is 0.330 e. The lowest BCUT2D eigenvalue weighted by Gasteiger charge is -2.20. The normalized spacial score (nSPS) is 14.1. The molecule has 154 valence electrons. The van der Waals surface area contributed by atoms with E-state index in [9.17, 15) is 14.4 Å².